The number of amides is 18. The Morgan fingerprint density at radius 3 is 0.917 bits per heavy atom. The maximum Gasteiger partial charge on any atom is 0.322 e. The Kier molecular flexibility index (Phi) is 41.1. The van der Waals surface area contributed by atoms with Gasteiger partial charge in [-0.15, -0.1) is 35.3 Å². The van der Waals surface area contributed by atoms with Gasteiger partial charge >= 0.3 is 5.97 Å². The average molecular weight is 1790 g/mol. The smallest absolute Gasteiger partial charge is 0.322 e. The molecular weight excluding hydrogens is 1680 g/mol. The van der Waals surface area contributed by atoms with Crippen LogP contribution < -0.4 is 63.8 Å². The summed E-state index contributed by atoms with van der Waals surface area (Å²) in [4.78, 5) is 249. The number of imide groups is 3. The van der Waals surface area contributed by atoms with Gasteiger partial charge < -0.3 is 143 Å². The molecule has 6 rings (SSSR count). The molecule has 6 aliphatic rings. The van der Waals surface area contributed by atoms with Crippen LogP contribution in [0.2, 0.25) is 0 Å². The van der Waals surface area contributed by atoms with Crippen molar-refractivity contribution in [3.8, 4) is 0 Å². The van der Waals surface area contributed by atoms with Gasteiger partial charge in [0.2, 0.25) is 106 Å². The molecule has 678 valence electrons. The molecule has 121 heavy (non-hydrogen) atoms. The lowest BCUT2D eigenvalue weighted by atomic mass is 9.97. The lowest BCUT2D eigenvalue weighted by molar-refractivity contribution is -0.269. The summed E-state index contributed by atoms with van der Waals surface area (Å²) in [6.45, 7) is -3.50. The summed E-state index contributed by atoms with van der Waals surface area (Å²) in [5, 5.41) is 125. The third-order valence-electron chi connectivity index (χ3n) is 18.8. The number of likely N-dealkylation sites (tertiary alicyclic amines) is 3. The molecule has 0 aliphatic carbocycles. The molecule has 6 saturated heterocycles. The standard InChI is InChI=1S/C68H103N15O35S3/c1-29(87)75-33(26-119-39-17-47(96)81(63(39)110)11-5-42(91)69-8-14-113-66-51(76-30(2)88)57(104)54(101)36(23-84)116-66)60(107)72-20-45(94)79-34(27-120-40-18-48(97)82(64(40)111)12-6-43(92)70-9-15-114-67-52(77-31(3)89)58(105)55(102)37(24-85)117-67)61(108)73-21-46(95)80-35(62(109)74-22-50(99)100)28-121-41-19-49(98)83(65(41)112)13-7-44(93)71-10-16-115-68-53(78-32(4)90)59(106)56(103)38(25-86)118-68/h33-41,51-59,66-68,84-86,101-106H,5-28H2,1-4H3,(H,69,91)(H,70,92)(H,71,93)(H,72,107)(H,73,108)(H,74,109)(H,75,87)(H,76,88)(H,77,89)(H,78,90)(H,79,94)(H,80,95)(H,99,100)/t33-,34-,35-,36+,37+,38+,39?,40?,41?,51-,52-,53-,54+,55+,56+,57+,58+,59+,66+,67+,68+/m0/s1. The predicted octanol–water partition coefficient (Wildman–Crippen LogP) is -15.1. The maximum atomic E-state index is 14.1. The van der Waals surface area contributed by atoms with E-state index in [1.165, 1.54) is 0 Å². The molecule has 0 aromatic heterocycles. The predicted molar refractivity (Wildman–Crippen MR) is 408 cm³/mol. The zero-order valence-corrected chi connectivity index (χ0v) is 68.3. The first-order chi connectivity index (χ1) is 57.3. The van der Waals surface area contributed by atoms with Crippen molar-refractivity contribution in [3.63, 3.8) is 0 Å². The first-order valence-electron chi connectivity index (χ1n) is 37.9. The maximum absolute atomic E-state index is 14.1. The fourth-order valence-electron chi connectivity index (χ4n) is 12.7. The Morgan fingerprint density at radius 2 is 0.661 bits per heavy atom. The molecule has 0 radical (unpaired) electrons. The summed E-state index contributed by atoms with van der Waals surface area (Å²) in [6, 6.07) is -8.80. The number of nitrogens with zero attached hydrogens (tertiary/aromatic N) is 3. The van der Waals surface area contributed by atoms with Crippen molar-refractivity contribution in [1.29, 1.82) is 0 Å². The molecule has 21 atom stereocenters. The molecule has 50 nitrogen and oxygen atoms in total. The minimum absolute atomic E-state index is 0.187. The number of hydrogen-bond donors (Lipinski definition) is 22. The highest BCUT2D eigenvalue weighted by Crippen LogP contribution is 2.31. The average Bonchev–Trinajstić information content (AvgIpc) is 1.81. The molecule has 6 fully saturated rings. The van der Waals surface area contributed by atoms with Crippen molar-refractivity contribution < 1.29 is 171 Å². The van der Waals surface area contributed by atoms with Crippen LogP contribution in [-0.2, 0) is 120 Å². The van der Waals surface area contributed by atoms with E-state index in [-0.39, 0.29) is 39.5 Å². The molecule has 53 heteroatoms. The number of hydrogen-bond acceptors (Lipinski definition) is 37. The Labute approximate surface area is 701 Å². The Morgan fingerprint density at radius 1 is 0.388 bits per heavy atom. The number of nitrogens with one attached hydrogen (secondary N) is 12. The zero-order chi connectivity index (χ0) is 89.6. The van der Waals surface area contributed by atoms with Gasteiger partial charge in [-0.2, -0.15) is 0 Å². The van der Waals surface area contributed by atoms with E-state index in [0.717, 1.165) is 54.2 Å². The second-order valence-corrected chi connectivity index (χ2v) is 31.7. The van der Waals surface area contributed by atoms with Gasteiger partial charge in [0.15, 0.2) is 18.9 Å². The van der Waals surface area contributed by atoms with E-state index in [1.54, 1.807) is 0 Å². The molecule has 0 bridgehead atoms. The number of carboxylic acids is 1. The van der Waals surface area contributed by atoms with Crippen molar-refractivity contribution in [2.75, 3.05) is 116 Å². The monoisotopic (exact) mass is 1790 g/mol. The lowest BCUT2D eigenvalue weighted by Crippen LogP contribution is -2.64. The normalized spacial score (nSPS) is 27.3. The molecule has 3 unspecified atom stereocenters. The summed E-state index contributed by atoms with van der Waals surface area (Å²) in [7, 11) is 0. The van der Waals surface area contributed by atoms with Crippen LogP contribution in [0.25, 0.3) is 0 Å². The van der Waals surface area contributed by atoms with E-state index in [0.29, 0.717) is 23.5 Å². The van der Waals surface area contributed by atoms with E-state index >= 15 is 0 Å². The Hall–Kier alpha value is -9.02. The minimum atomic E-state index is -1.78. The second kappa shape index (κ2) is 49.3. The van der Waals surface area contributed by atoms with E-state index in [4.69, 9.17) is 28.4 Å². The molecule has 22 N–H and O–H groups in total. The van der Waals surface area contributed by atoms with Gasteiger partial charge in [0, 0.05) is 123 Å². The highest BCUT2D eigenvalue weighted by atomic mass is 32.2. The van der Waals surface area contributed by atoms with Crippen LogP contribution in [0.1, 0.15) is 66.2 Å². The number of ether oxygens (including phenoxy) is 6. The quantitative estimate of drug-likeness (QED) is 0.0199. The number of carboxylic acid groups (broad SMARTS) is 1. The first-order valence-corrected chi connectivity index (χ1v) is 41.0. The van der Waals surface area contributed by atoms with Crippen LogP contribution in [0.15, 0.2) is 0 Å². The minimum Gasteiger partial charge on any atom is -0.480 e. The van der Waals surface area contributed by atoms with Crippen molar-refractivity contribution in [3.05, 3.63) is 0 Å². The number of aliphatic hydroxyl groups is 9. The summed E-state index contributed by atoms with van der Waals surface area (Å²) >= 11 is 2.09. The molecule has 18 amide bonds. The topological polar surface area (TPSA) is 736 Å². The molecule has 6 aliphatic heterocycles. The van der Waals surface area contributed by atoms with E-state index in [1.807, 2.05) is 0 Å². The molecule has 0 aromatic carbocycles. The second-order valence-electron chi connectivity index (χ2n) is 28.0. The number of aliphatic hydroxyl groups excluding tert-OH is 9. The number of carbonyl (C=O) groups excluding carboxylic acids is 18. The summed E-state index contributed by atoms with van der Waals surface area (Å²) < 4.78 is 33.2. The van der Waals surface area contributed by atoms with Crippen LogP contribution in [0, 0.1) is 0 Å². The Bertz CT molecular complexity index is 3730. The highest BCUT2D eigenvalue weighted by Gasteiger charge is 2.50. The lowest BCUT2D eigenvalue weighted by Gasteiger charge is -2.42. The number of aliphatic carboxylic acids is 1. The van der Waals surface area contributed by atoms with Gasteiger partial charge in [-0.3, -0.25) is 106 Å². The van der Waals surface area contributed by atoms with Crippen molar-refractivity contribution in [1.82, 2.24) is 78.5 Å². The van der Waals surface area contributed by atoms with Gasteiger partial charge in [0.05, 0.1) is 68.5 Å². The van der Waals surface area contributed by atoms with Crippen LogP contribution in [0.3, 0.4) is 0 Å². The van der Waals surface area contributed by atoms with Crippen LogP contribution in [0.4, 0.5) is 0 Å². The number of carbonyl (C=O) groups is 19. The van der Waals surface area contributed by atoms with Crippen molar-refractivity contribution in [2.45, 2.75) is 192 Å². The summed E-state index contributed by atoms with van der Waals surface area (Å²) in [5.74, 6) is -17.9. The third kappa shape index (κ3) is 30.8. The number of rotatable bonds is 48. The highest BCUT2D eigenvalue weighted by molar-refractivity contribution is 8.01. The fraction of sp³-hybridized carbons (Fsp3) is 0.721. The fourth-order valence-corrected chi connectivity index (χ4v) is 16.3. The van der Waals surface area contributed by atoms with Crippen LogP contribution in [-0.4, -0.2) is 420 Å². The molecule has 0 spiro atoms. The van der Waals surface area contributed by atoms with Gasteiger partial charge in [-0.25, -0.2) is 0 Å². The van der Waals surface area contributed by atoms with Gasteiger partial charge in [-0.05, 0) is 0 Å². The summed E-state index contributed by atoms with van der Waals surface area (Å²) in [5.41, 5.74) is 0. The SMILES string of the molecule is CC(=O)N[C@@H]1[C@H](OCCNC(=O)CCN2C(=O)CC(SC[C@H](NC(C)=O)C(=O)NCC(=O)N[C@@H](CSC3CC(=O)N(CCC(=O)NCCO[C@@H]4O[C@H](CO)[C@@H](O)[C@H](O)[C@@H]4NC(C)=O)C3=O)C(=O)NCC(=O)N[C@@H](CSC3CC(=O)N(CCC(=O)NCCO[C@@H]4O[C@H](CO)[C@@H](O)[C@H](O)[C@@H]4NC(C)=O)C3=O)C(=O)NCC(=O)O)C2=O)O[C@H](CO)[C@@H](O)[C@@H]1O. The first kappa shape index (κ1) is 101. The van der Waals surface area contributed by atoms with Crippen LogP contribution in [0.5, 0.6) is 0 Å². The van der Waals surface area contributed by atoms with Gasteiger partial charge in [0.1, 0.15) is 97.7 Å². The summed E-state index contributed by atoms with van der Waals surface area (Å²) in [6.07, 6.45) is -20.3. The van der Waals surface area contributed by atoms with E-state index in [9.17, 15) is 142 Å². The van der Waals surface area contributed by atoms with E-state index < -0.39 is 353 Å². The van der Waals surface area contributed by atoms with Crippen LogP contribution >= 0.6 is 35.3 Å². The Balaban J connectivity index is 1.05. The van der Waals surface area contributed by atoms with E-state index in [2.05, 4.69) is 63.8 Å². The molecule has 0 aromatic rings. The van der Waals surface area contributed by atoms with Crippen molar-refractivity contribution >= 4 is 148 Å². The van der Waals surface area contributed by atoms with Crippen molar-refractivity contribution in [2.24, 2.45) is 0 Å². The number of thioether (sulfide) groups is 3. The zero-order valence-electron chi connectivity index (χ0n) is 65.8. The van der Waals surface area contributed by atoms with Gasteiger partial charge in [-0.1, -0.05) is 0 Å². The largest absolute Gasteiger partial charge is 0.480 e. The third-order valence-corrected chi connectivity index (χ3v) is 22.7. The molecule has 6 heterocycles. The molecular formula is C68H103N15O35S3. The molecule has 0 saturated carbocycles. The van der Waals surface area contributed by atoms with Gasteiger partial charge in [0.25, 0.3) is 0 Å².